The maximum atomic E-state index is 11.9. The average Bonchev–Trinajstić information content (AvgIpc) is 2.89. The first-order valence-electron chi connectivity index (χ1n) is 6.99. The monoisotopic (exact) mass is 289 g/mol. The maximum absolute atomic E-state index is 11.9. The number of carbonyl (C=O) groups excluding carboxylic acids is 1. The second-order valence-electron chi connectivity index (χ2n) is 5.60. The van der Waals surface area contributed by atoms with Crippen molar-refractivity contribution in [3.05, 3.63) is 29.2 Å². The molecule has 1 aliphatic rings. The molecule has 0 atom stereocenters. The van der Waals surface area contributed by atoms with Gasteiger partial charge < -0.3 is 4.52 Å². The number of carbonyl (C=O) groups is 1. The smallest absolute Gasteiger partial charge is 0.240 e. The Morgan fingerprint density at radius 1 is 1.33 bits per heavy atom. The van der Waals surface area contributed by atoms with E-state index in [1.807, 2.05) is 18.5 Å². The fourth-order valence-electron chi connectivity index (χ4n) is 2.64. The van der Waals surface area contributed by atoms with Crippen molar-refractivity contribution in [3.63, 3.8) is 0 Å². The Labute approximate surface area is 122 Å². The summed E-state index contributed by atoms with van der Waals surface area (Å²) in [4.78, 5) is 14.0. The van der Waals surface area contributed by atoms with E-state index in [4.69, 9.17) is 4.52 Å². The fraction of sp³-hybridized carbons (Fsp3) is 0.500. The van der Waals surface area contributed by atoms with Crippen molar-refractivity contribution in [2.24, 2.45) is 0 Å². The van der Waals surface area contributed by atoms with Gasteiger partial charge in [0.2, 0.25) is 11.8 Å². The molecule has 112 valence electrons. The Bertz CT molecular complexity index is 654. The highest BCUT2D eigenvalue weighted by Crippen LogP contribution is 2.22. The Hall–Kier alpha value is -2.15. The third kappa shape index (κ3) is 2.97. The number of rotatable bonds is 4. The van der Waals surface area contributed by atoms with Crippen LogP contribution >= 0.6 is 0 Å². The number of nitrogens with one attached hydrogen (secondary N) is 1. The minimum Gasteiger partial charge on any atom is -0.338 e. The van der Waals surface area contributed by atoms with E-state index in [2.05, 4.69) is 33.5 Å². The van der Waals surface area contributed by atoms with Crippen LogP contribution in [0.15, 0.2) is 16.7 Å². The summed E-state index contributed by atoms with van der Waals surface area (Å²) in [6.07, 6.45) is 0. The lowest BCUT2D eigenvalue weighted by molar-refractivity contribution is -0.118. The second-order valence-corrected chi connectivity index (χ2v) is 5.60. The zero-order valence-electron chi connectivity index (χ0n) is 12.5. The molecule has 7 heteroatoms. The molecule has 2 aromatic rings. The van der Waals surface area contributed by atoms with Crippen LogP contribution in [-0.2, 0) is 4.79 Å². The minimum atomic E-state index is -0.0852. The van der Waals surface area contributed by atoms with Crippen LogP contribution < -0.4 is 5.32 Å². The lowest BCUT2D eigenvalue weighted by atomic mass is 10.1. The first-order chi connectivity index (χ1) is 10.0. The van der Waals surface area contributed by atoms with Gasteiger partial charge in [0.05, 0.1) is 24.0 Å². The number of hydrogen-bond donors (Lipinski definition) is 1. The first kappa shape index (κ1) is 13.8. The van der Waals surface area contributed by atoms with Crippen LogP contribution in [0.4, 0.5) is 5.88 Å². The lowest BCUT2D eigenvalue weighted by Gasteiger charge is -2.39. The summed E-state index contributed by atoms with van der Waals surface area (Å²) in [5, 5.41) is 10.9. The van der Waals surface area contributed by atoms with Crippen molar-refractivity contribution in [3.8, 4) is 0 Å². The molecule has 2 aromatic heterocycles. The van der Waals surface area contributed by atoms with Crippen molar-refractivity contribution >= 4 is 11.8 Å². The van der Waals surface area contributed by atoms with Gasteiger partial charge in [0.1, 0.15) is 0 Å². The number of aromatic nitrogens is 3. The van der Waals surface area contributed by atoms with Crippen LogP contribution in [0.1, 0.15) is 23.1 Å². The van der Waals surface area contributed by atoms with Crippen LogP contribution in [0.5, 0.6) is 0 Å². The number of aryl methyl sites for hydroxylation is 3. The van der Waals surface area contributed by atoms with E-state index >= 15 is 0 Å². The van der Waals surface area contributed by atoms with E-state index in [9.17, 15) is 4.79 Å². The summed E-state index contributed by atoms with van der Waals surface area (Å²) >= 11 is 0. The van der Waals surface area contributed by atoms with Gasteiger partial charge in [-0.05, 0) is 26.8 Å². The summed E-state index contributed by atoms with van der Waals surface area (Å²) in [5.41, 5.74) is 2.95. The summed E-state index contributed by atoms with van der Waals surface area (Å²) in [5.74, 6) is 0.311. The van der Waals surface area contributed by atoms with Crippen molar-refractivity contribution in [2.45, 2.75) is 26.8 Å². The molecule has 21 heavy (non-hydrogen) atoms. The van der Waals surface area contributed by atoms with Crippen molar-refractivity contribution < 1.29 is 9.32 Å². The van der Waals surface area contributed by atoms with E-state index in [0.717, 1.165) is 24.5 Å². The standard InChI is InChI=1S/C14H19N5O2/c1-9-4-11(3)19(16-9)12-6-18(7-12)8-13(20)15-14-5-10(2)17-21-14/h4-5,12H,6-8H2,1-3H3,(H,15,20). The van der Waals surface area contributed by atoms with Gasteiger partial charge in [-0.2, -0.15) is 5.10 Å². The zero-order valence-corrected chi connectivity index (χ0v) is 12.5. The molecule has 1 N–H and O–H groups in total. The molecule has 0 aliphatic carbocycles. The van der Waals surface area contributed by atoms with E-state index in [-0.39, 0.29) is 5.91 Å². The van der Waals surface area contributed by atoms with Gasteiger partial charge in [-0.25, -0.2) is 0 Å². The zero-order chi connectivity index (χ0) is 15.0. The molecule has 0 aromatic carbocycles. The third-order valence-corrected chi connectivity index (χ3v) is 3.59. The number of nitrogens with zero attached hydrogens (tertiary/aromatic N) is 4. The molecule has 0 spiro atoms. The largest absolute Gasteiger partial charge is 0.338 e. The molecule has 3 rings (SSSR count). The number of likely N-dealkylation sites (tertiary alicyclic amines) is 1. The van der Waals surface area contributed by atoms with E-state index < -0.39 is 0 Å². The van der Waals surface area contributed by atoms with Gasteiger partial charge in [-0.15, -0.1) is 0 Å². The molecule has 3 heterocycles. The van der Waals surface area contributed by atoms with E-state index in [1.165, 1.54) is 5.69 Å². The molecule has 0 radical (unpaired) electrons. The second kappa shape index (κ2) is 5.33. The highest BCUT2D eigenvalue weighted by Gasteiger charge is 2.31. The van der Waals surface area contributed by atoms with Crippen LogP contribution in [-0.4, -0.2) is 45.4 Å². The van der Waals surface area contributed by atoms with Crippen molar-refractivity contribution in [1.29, 1.82) is 0 Å². The molecule has 0 saturated carbocycles. The number of amides is 1. The SMILES string of the molecule is Cc1cc(NC(=O)CN2CC(n3nc(C)cc3C)C2)on1. The first-order valence-corrected chi connectivity index (χ1v) is 6.99. The molecule has 7 nitrogen and oxygen atoms in total. The third-order valence-electron chi connectivity index (χ3n) is 3.59. The van der Waals surface area contributed by atoms with E-state index in [0.29, 0.717) is 18.5 Å². The molecule has 1 fully saturated rings. The van der Waals surface area contributed by atoms with Gasteiger partial charge in [-0.3, -0.25) is 19.7 Å². The van der Waals surface area contributed by atoms with Crippen molar-refractivity contribution in [1.82, 2.24) is 19.8 Å². The normalized spacial score (nSPS) is 16.0. The highest BCUT2D eigenvalue weighted by atomic mass is 16.5. The van der Waals surface area contributed by atoms with Crippen LogP contribution in [0.25, 0.3) is 0 Å². The van der Waals surface area contributed by atoms with Gasteiger partial charge in [0, 0.05) is 24.8 Å². The molecule has 0 bridgehead atoms. The van der Waals surface area contributed by atoms with Gasteiger partial charge in [0.25, 0.3) is 0 Å². The topological polar surface area (TPSA) is 76.2 Å². The van der Waals surface area contributed by atoms with E-state index in [1.54, 1.807) is 6.07 Å². The van der Waals surface area contributed by atoms with Gasteiger partial charge >= 0.3 is 0 Å². The number of anilines is 1. The maximum Gasteiger partial charge on any atom is 0.240 e. The lowest BCUT2D eigenvalue weighted by Crippen LogP contribution is -2.51. The molecule has 1 saturated heterocycles. The molecular formula is C14H19N5O2. The Morgan fingerprint density at radius 2 is 2.10 bits per heavy atom. The summed E-state index contributed by atoms with van der Waals surface area (Å²) in [6.45, 7) is 7.90. The van der Waals surface area contributed by atoms with Crippen molar-refractivity contribution in [2.75, 3.05) is 25.0 Å². The quantitative estimate of drug-likeness (QED) is 0.918. The molecule has 1 amide bonds. The Balaban J connectivity index is 1.48. The Morgan fingerprint density at radius 3 is 2.67 bits per heavy atom. The average molecular weight is 289 g/mol. The van der Waals surface area contributed by atoms with Crippen LogP contribution in [0.3, 0.4) is 0 Å². The number of hydrogen-bond acceptors (Lipinski definition) is 5. The van der Waals surface area contributed by atoms with Gasteiger partial charge in [0.15, 0.2) is 0 Å². The van der Waals surface area contributed by atoms with Gasteiger partial charge in [-0.1, -0.05) is 5.16 Å². The summed E-state index contributed by atoms with van der Waals surface area (Å²) < 4.78 is 7.01. The molecule has 0 unspecified atom stereocenters. The fourth-order valence-corrected chi connectivity index (χ4v) is 2.64. The molecular weight excluding hydrogens is 270 g/mol. The van der Waals surface area contributed by atoms with Crippen LogP contribution in [0, 0.1) is 20.8 Å². The Kier molecular flexibility index (Phi) is 3.50. The minimum absolute atomic E-state index is 0.0852. The summed E-state index contributed by atoms with van der Waals surface area (Å²) in [7, 11) is 0. The van der Waals surface area contributed by atoms with Crippen LogP contribution in [0.2, 0.25) is 0 Å². The highest BCUT2D eigenvalue weighted by molar-refractivity contribution is 5.91. The predicted octanol–water partition coefficient (Wildman–Crippen LogP) is 1.29. The summed E-state index contributed by atoms with van der Waals surface area (Å²) in [6, 6.07) is 4.13. The predicted molar refractivity (Wildman–Crippen MR) is 77.0 cm³/mol. The molecule has 1 aliphatic heterocycles.